The van der Waals surface area contributed by atoms with E-state index in [-0.39, 0.29) is 5.75 Å². The molecule has 0 saturated heterocycles. The minimum absolute atomic E-state index is 0.140. The molecule has 0 amide bonds. The van der Waals surface area contributed by atoms with Crippen LogP contribution in [0.5, 0.6) is 17.2 Å². The Morgan fingerprint density at radius 3 is 2.45 bits per heavy atom. The van der Waals surface area contributed by atoms with Crippen molar-refractivity contribution in [1.82, 2.24) is 5.32 Å². The first-order chi connectivity index (χ1) is 10.8. The van der Waals surface area contributed by atoms with Crippen LogP contribution in [0.15, 0.2) is 54.6 Å². The molecule has 0 aliphatic rings. The second-order valence-electron chi connectivity index (χ2n) is 4.72. The van der Waals surface area contributed by atoms with E-state index in [9.17, 15) is 10.2 Å². The third-order valence-electron chi connectivity index (χ3n) is 2.99. The van der Waals surface area contributed by atoms with Gasteiger partial charge in [-0.05, 0) is 24.3 Å². The van der Waals surface area contributed by atoms with E-state index in [1.54, 1.807) is 18.2 Å². The number of nitrogens with one attached hydrogen (secondary N) is 1. The van der Waals surface area contributed by atoms with Crippen LogP contribution in [-0.2, 0) is 5.11 Å². The molecule has 5 nitrogen and oxygen atoms in total. The maximum atomic E-state index is 11.4. The molecule has 0 aliphatic carbocycles. The second-order valence-corrected chi connectivity index (χ2v) is 4.72. The quantitative estimate of drug-likeness (QED) is 0.552. The minimum Gasteiger partial charge on any atom is -0.493 e. The van der Waals surface area contributed by atoms with Crippen molar-refractivity contribution in [1.29, 1.82) is 0 Å². The molecule has 0 bridgehead atoms. The third-order valence-corrected chi connectivity index (χ3v) is 2.99. The maximum absolute atomic E-state index is 11.4. The Morgan fingerprint density at radius 2 is 1.68 bits per heavy atom. The van der Waals surface area contributed by atoms with Crippen molar-refractivity contribution >= 4 is 0 Å². The molecule has 0 fully saturated rings. The molecule has 0 saturated carbocycles. The van der Waals surface area contributed by atoms with Gasteiger partial charge in [-0.25, -0.2) is 0 Å². The van der Waals surface area contributed by atoms with Crippen LogP contribution < -0.4 is 14.8 Å². The summed E-state index contributed by atoms with van der Waals surface area (Å²) in [6.45, 7) is 1.18. The van der Waals surface area contributed by atoms with Crippen molar-refractivity contribution in [2.45, 2.75) is 12.6 Å². The lowest BCUT2D eigenvalue weighted by atomic mass is 10.3. The molecule has 1 radical (unpaired) electrons. The Labute approximate surface area is 130 Å². The number of aliphatic hydroxyl groups is 1. The summed E-state index contributed by atoms with van der Waals surface area (Å²) in [5, 5.41) is 24.1. The predicted molar refractivity (Wildman–Crippen MR) is 82.6 cm³/mol. The molecule has 117 valence electrons. The Morgan fingerprint density at radius 1 is 0.955 bits per heavy atom. The van der Waals surface area contributed by atoms with Crippen molar-refractivity contribution in [3.63, 3.8) is 0 Å². The molecular formula is C17H20NO4. The zero-order valence-electron chi connectivity index (χ0n) is 12.3. The number of hydrogen-bond donors (Lipinski definition) is 2. The van der Waals surface area contributed by atoms with Gasteiger partial charge in [-0.3, -0.25) is 10.4 Å². The van der Waals surface area contributed by atoms with E-state index in [0.29, 0.717) is 31.9 Å². The summed E-state index contributed by atoms with van der Waals surface area (Å²) in [7, 11) is 0. The molecule has 0 spiro atoms. The van der Waals surface area contributed by atoms with Crippen molar-refractivity contribution in [3.8, 4) is 17.2 Å². The Bertz CT molecular complexity index is 547. The van der Waals surface area contributed by atoms with E-state index in [2.05, 4.69) is 5.32 Å². The summed E-state index contributed by atoms with van der Waals surface area (Å²) >= 11 is 0. The van der Waals surface area contributed by atoms with Crippen LogP contribution in [0.2, 0.25) is 0 Å². The minimum atomic E-state index is -0.671. The van der Waals surface area contributed by atoms with Crippen LogP contribution >= 0.6 is 0 Å². The normalized spacial score (nSPS) is 11.9. The Kier molecular flexibility index (Phi) is 6.54. The van der Waals surface area contributed by atoms with Crippen molar-refractivity contribution in [2.24, 2.45) is 0 Å². The summed E-state index contributed by atoms with van der Waals surface area (Å²) < 4.78 is 10.8. The van der Waals surface area contributed by atoms with Crippen molar-refractivity contribution < 1.29 is 19.7 Å². The molecule has 2 aromatic carbocycles. The lowest BCUT2D eigenvalue weighted by Crippen LogP contribution is -2.33. The lowest BCUT2D eigenvalue weighted by Gasteiger charge is -2.14. The van der Waals surface area contributed by atoms with E-state index in [4.69, 9.17) is 9.47 Å². The fourth-order valence-electron chi connectivity index (χ4n) is 1.86. The summed E-state index contributed by atoms with van der Waals surface area (Å²) in [5.74, 6) is 0.968. The zero-order chi connectivity index (χ0) is 15.6. The molecule has 22 heavy (non-hydrogen) atoms. The first-order valence-corrected chi connectivity index (χ1v) is 7.24. The van der Waals surface area contributed by atoms with Gasteiger partial charge in [-0.1, -0.05) is 30.3 Å². The van der Waals surface area contributed by atoms with Gasteiger partial charge in [0.05, 0.1) is 6.61 Å². The monoisotopic (exact) mass is 302 g/mol. The van der Waals surface area contributed by atoms with E-state index >= 15 is 0 Å². The van der Waals surface area contributed by atoms with Gasteiger partial charge in [0.15, 0.2) is 5.75 Å². The van der Waals surface area contributed by atoms with Gasteiger partial charge in [0, 0.05) is 13.0 Å². The standard InChI is InChI=1S/C17H20NO4/c19-15-8-4-5-9-16(15)22-13-11-18-17(20)10-12-21-14-6-2-1-3-7-14/h1-9,17-18,20H,10-13H2. The molecule has 0 aliphatic heterocycles. The summed E-state index contributed by atoms with van der Waals surface area (Å²) in [6, 6.07) is 16.0. The molecule has 5 heteroatoms. The van der Waals surface area contributed by atoms with Gasteiger partial charge < -0.3 is 14.6 Å². The van der Waals surface area contributed by atoms with E-state index in [1.165, 1.54) is 6.07 Å². The highest BCUT2D eigenvalue weighted by Gasteiger charge is 2.05. The number of ether oxygens (including phenoxy) is 2. The Hall–Kier alpha value is -2.24. The highest BCUT2D eigenvalue weighted by atomic mass is 16.5. The molecule has 0 aromatic heterocycles. The van der Waals surface area contributed by atoms with Gasteiger partial charge in [-0.15, -0.1) is 0 Å². The largest absolute Gasteiger partial charge is 0.493 e. The molecule has 2 aromatic rings. The molecule has 0 heterocycles. The lowest BCUT2D eigenvalue weighted by molar-refractivity contribution is 0.102. The van der Waals surface area contributed by atoms with Gasteiger partial charge >= 0.3 is 0 Å². The van der Waals surface area contributed by atoms with Crippen molar-refractivity contribution in [2.75, 3.05) is 19.8 Å². The SMILES string of the molecule is [O]c1ccccc1OCCNC(O)CCOc1ccccc1. The van der Waals surface area contributed by atoms with Gasteiger partial charge in [0.25, 0.3) is 0 Å². The fraction of sp³-hybridized carbons (Fsp3) is 0.294. The van der Waals surface area contributed by atoms with Crippen LogP contribution in [0.3, 0.4) is 0 Å². The average molecular weight is 302 g/mol. The highest BCUT2D eigenvalue weighted by molar-refractivity contribution is 5.37. The number of aliphatic hydroxyl groups excluding tert-OH is 1. The number of benzene rings is 2. The van der Waals surface area contributed by atoms with E-state index < -0.39 is 6.23 Å². The maximum Gasteiger partial charge on any atom is 0.220 e. The first kappa shape index (κ1) is 16.1. The van der Waals surface area contributed by atoms with E-state index in [1.807, 2.05) is 30.3 Å². The third kappa shape index (κ3) is 5.63. The molecule has 1 unspecified atom stereocenters. The summed E-state index contributed by atoms with van der Waals surface area (Å²) in [5.41, 5.74) is 0. The molecule has 1 atom stereocenters. The first-order valence-electron chi connectivity index (χ1n) is 7.24. The van der Waals surface area contributed by atoms with Crippen LogP contribution in [0.4, 0.5) is 0 Å². The summed E-state index contributed by atoms with van der Waals surface area (Å²) in [4.78, 5) is 0. The summed E-state index contributed by atoms with van der Waals surface area (Å²) in [6.07, 6.45) is -0.206. The van der Waals surface area contributed by atoms with Crippen LogP contribution in [-0.4, -0.2) is 31.1 Å². The van der Waals surface area contributed by atoms with Gasteiger partial charge in [0.1, 0.15) is 18.6 Å². The van der Waals surface area contributed by atoms with Crippen LogP contribution in [0.25, 0.3) is 0 Å². The van der Waals surface area contributed by atoms with Gasteiger partial charge in [0.2, 0.25) is 5.75 Å². The molecular weight excluding hydrogens is 282 g/mol. The molecule has 2 N–H and O–H groups in total. The molecule has 2 rings (SSSR count). The Balaban J connectivity index is 1.56. The van der Waals surface area contributed by atoms with Crippen LogP contribution in [0.1, 0.15) is 6.42 Å². The smallest absolute Gasteiger partial charge is 0.220 e. The van der Waals surface area contributed by atoms with Crippen molar-refractivity contribution in [3.05, 3.63) is 54.6 Å². The number of rotatable bonds is 9. The average Bonchev–Trinajstić information content (AvgIpc) is 2.54. The number of para-hydroxylation sites is 3. The van der Waals surface area contributed by atoms with Gasteiger partial charge in [-0.2, -0.15) is 0 Å². The van der Waals surface area contributed by atoms with E-state index in [0.717, 1.165) is 5.75 Å². The topological polar surface area (TPSA) is 70.6 Å². The highest BCUT2D eigenvalue weighted by Crippen LogP contribution is 2.24. The van der Waals surface area contributed by atoms with Crippen LogP contribution in [0, 0.1) is 0 Å². The number of hydrogen-bond acceptors (Lipinski definition) is 4. The predicted octanol–water partition coefficient (Wildman–Crippen LogP) is 2.59. The second kappa shape index (κ2) is 8.92. The zero-order valence-corrected chi connectivity index (χ0v) is 12.3. The fourth-order valence-corrected chi connectivity index (χ4v) is 1.86.